The molecule has 0 aromatic heterocycles. The Bertz CT molecular complexity index is 288. The fourth-order valence-electron chi connectivity index (χ4n) is 3.47. The zero-order valence-corrected chi connectivity index (χ0v) is 12.1. The van der Waals surface area contributed by atoms with Crippen LogP contribution in [0.2, 0.25) is 0 Å². The van der Waals surface area contributed by atoms with Gasteiger partial charge in [-0.1, -0.05) is 19.3 Å². The van der Waals surface area contributed by atoms with Crippen LogP contribution in [0.3, 0.4) is 0 Å². The minimum atomic E-state index is -0.271. The van der Waals surface area contributed by atoms with Gasteiger partial charge in [0.05, 0.1) is 12.6 Å². The van der Waals surface area contributed by atoms with Crippen LogP contribution in [-0.2, 0) is 4.79 Å². The van der Waals surface area contributed by atoms with E-state index in [-0.39, 0.29) is 12.0 Å². The summed E-state index contributed by atoms with van der Waals surface area (Å²) in [6.07, 6.45) is 8.87. The molecule has 110 valence electrons. The molecule has 1 amide bonds. The van der Waals surface area contributed by atoms with Gasteiger partial charge in [-0.15, -0.1) is 0 Å². The van der Waals surface area contributed by atoms with E-state index in [0.29, 0.717) is 18.6 Å². The number of hydrogen-bond acceptors (Lipinski definition) is 3. The van der Waals surface area contributed by atoms with Crippen molar-refractivity contribution in [2.75, 3.05) is 13.1 Å². The molecule has 2 aliphatic rings. The Morgan fingerprint density at radius 2 is 2.00 bits per heavy atom. The van der Waals surface area contributed by atoms with Gasteiger partial charge in [0.2, 0.25) is 5.91 Å². The zero-order chi connectivity index (χ0) is 13.7. The minimum Gasteiger partial charge on any atom is -0.393 e. The van der Waals surface area contributed by atoms with Crippen molar-refractivity contribution in [1.29, 1.82) is 0 Å². The highest BCUT2D eigenvalue weighted by atomic mass is 16.3. The smallest absolute Gasteiger partial charge is 0.234 e. The highest BCUT2D eigenvalue weighted by molar-refractivity contribution is 5.78. The van der Waals surface area contributed by atoms with Gasteiger partial charge in [0.25, 0.3) is 0 Å². The number of aliphatic hydroxyl groups is 1. The monoisotopic (exact) mass is 268 g/mol. The van der Waals surface area contributed by atoms with Crippen molar-refractivity contribution in [2.45, 2.75) is 76.5 Å². The van der Waals surface area contributed by atoms with Gasteiger partial charge >= 0.3 is 0 Å². The molecule has 2 fully saturated rings. The van der Waals surface area contributed by atoms with Crippen molar-refractivity contribution >= 4 is 5.91 Å². The van der Waals surface area contributed by atoms with Gasteiger partial charge < -0.3 is 10.4 Å². The summed E-state index contributed by atoms with van der Waals surface area (Å²) in [5, 5.41) is 12.7. The lowest BCUT2D eigenvalue weighted by Gasteiger charge is -2.27. The number of hydrogen-bond donors (Lipinski definition) is 2. The molecule has 0 radical (unpaired) electrons. The van der Waals surface area contributed by atoms with Crippen molar-refractivity contribution in [3.63, 3.8) is 0 Å². The Morgan fingerprint density at radius 1 is 1.26 bits per heavy atom. The van der Waals surface area contributed by atoms with E-state index in [9.17, 15) is 9.90 Å². The average molecular weight is 268 g/mol. The lowest BCUT2D eigenvalue weighted by atomic mass is 9.95. The van der Waals surface area contributed by atoms with E-state index in [4.69, 9.17) is 0 Å². The summed E-state index contributed by atoms with van der Waals surface area (Å²) in [6, 6.07) is 0.788. The Morgan fingerprint density at radius 3 is 2.68 bits per heavy atom. The van der Waals surface area contributed by atoms with Crippen LogP contribution in [-0.4, -0.2) is 47.2 Å². The predicted molar refractivity (Wildman–Crippen MR) is 75.9 cm³/mol. The first-order valence-corrected chi connectivity index (χ1v) is 7.86. The molecule has 0 aromatic carbocycles. The van der Waals surface area contributed by atoms with Gasteiger partial charge in [-0.25, -0.2) is 0 Å². The lowest BCUT2D eigenvalue weighted by molar-refractivity contribution is -0.123. The van der Waals surface area contributed by atoms with Crippen molar-refractivity contribution < 1.29 is 9.90 Å². The van der Waals surface area contributed by atoms with Crippen molar-refractivity contribution in [3.8, 4) is 0 Å². The highest BCUT2D eigenvalue weighted by Gasteiger charge is 2.27. The maximum absolute atomic E-state index is 12.1. The Labute approximate surface area is 116 Å². The summed E-state index contributed by atoms with van der Waals surface area (Å²) in [7, 11) is 0. The minimum absolute atomic E-state index is 0.171. The number of nitrogens with one attached hydrogen (secondary N) is 1. The summed E-state index contributed by atoms with van der Waals surface area (Å²) in [4.78, 5) is 14.3. The number of nitrogens with zero attached hydrogens (tertiary/aromatic N) is 1. The molecule has 1 heterocycles. The number of likely N-dealkylation sites (tertiary alicyclic amines) is 1. The molecular weight excluding hydrogens is 240 g/mol. The van der Waals surface area contributed by atoms with E-state index in [1.807, 2.05) is 6.92 Å². The average Bonchev–Trinajstić information content (AvgIpc) is 2.77. The molecule has 0 spiro atoms. The second-order valence-electron chi connectivity index (χ2n) is 6.25. The molecular formula is C15H28N2O2. The van der Waals surface area contributed by atoms with Crippen LogP contribution in [0.15, 0.2) is 0 Å². The van der Waals surface area contributed by atoms with Crippen molar-refractivity contribution in [2.24, 2.45) is 0 Å². The molecule has 2 N–H and O–H groups in total. The normalized spacial score (nSPS) is 27.4. The number of carbonyl (C=O) groups excluding carboxylic acids is 1. The van der Waals surface area contributed by atoms with Crippen LogP contribution >= 0.6 is 0 Å². The third-order valence-corrected chi connectivity index (χ3v) is 4.43. The molecule has 1 aliphatic carbocycles. The molecule has 1 aliphatic heterocycles. The molecule has 2 rings (SSSR count). The molecule has 4 nitrogen and oxygen atoms in total. The second kappa shape index (κ2) is 7.25. The second-order valence-corrected chi connectivity index (χ2v) is 6.25. The molecule has 2 atom stereocenters. The first-order chi connectivity index (χ1) is 9.15. The summed E-state index contributed by atoms with van der Waals surface area (Å²) in [5.74, 6) is 0.171. The number of rotatable bonds is 5. The van der Waals surface area contributed by atoms with E-state index in [2.05, 4.69) is 10.2 Å². The lowest BCUT2D eigenvalue weighted by Crippen LogP contribution is -2.44. The van der Waals surface area contributed by atoms with Gasteiger partial charge in [0, 0.05) is 12.1 Å². The van der Waals surface area contributed by atoms with Gasteiger partial charge in [0.1, 0.15) is 0 Å². The van der Waals surface area contributed by atoms with Crippen LogP contribution in [0, 0.1) is 0 Å². The molecule has 4 heteroatoms. The van der Waals surface area contributed by atoms with Gasteiger partial charge in [-0.05, 0) is 45.6 Å². The fourth-order valence-corrected chi connectivity index (χ4v) is 3.47. The Kier molecular flexibility index (Phi) is 5.64. The van der Waals surface area contributed by atoms with Crippen LogP contribution in [0.25, 0.3) is 0 Å². The first kappa shape index (κ1) is 14.8. The van der Waals surface area contributed by atoms with E-state index >= 15 is 0 Å². The molecule has 19 heavy (non-hydrogen) atoms. The number of amides is 1. The SMILES string of the molecule is CC(O)CC1CCCN1CC(=O)NC1CCCCC1. The molecule has 2 unspecified atom stereocenters. The molecule has 1 saturated heterocycles. The van der Waals surface area contributed by atoms with Gasteiger partial charge in [0.15, 0.2) is 0 Å². The maximum Gasteiger partial charge on any atom is 0.234 e. The number of carbonyl (C=O) groups is 1. The summed E-state index contributed by atoms with van der Waals surface area (Å²) in [5.41, 5.74) is 0. The van der Waals surface area contributed by atoms with Crippen molar-refractivity contribution in [3.05, 3.63) is 0 Å². The molecule has 0 bridgehead atoms. The molecule has 0 aromatic rings. The fraction of sp³-hybridized carbons (Fsp3) is 0.933. The predicted octanol–water partition coefficient (Wildman–Crippen LogP) is 1.67. The van der Waals surface area contributed by atoms with E-state index in [1.54, 1.807) is 0 Å². The van der Waals surface area contributed by atoms with E-state index in [0.717, 1.165) is 38.6 Å². The summed E-state index contributed by atoms with van der Waals surface area (Å²) >= 11 is 0. The van der Waals surface area contributed by atoms with E-state index in [1.165, 1.54) is 19.3 Å². The third kappa shape index (κ3) is 4.77. The Hall–Kier alpha value is -0.610. The topological polar surface area (TPSA) is 52.6 Å². The third-order valence-electron chi connectivity index (χ3n) is 4.43. The highest BCUT2D eigenvalue weighted by Crippen LogP contribution is 2.21. The number of aliphatic hydroxyl groups excluding tert-OH is 1. The van der Waals surface area contributed by atoms with Crippen molar-refractivity contribution in [1.82, 2.24) is 10.2 Å². The van der Waals surface area contributed by atoms with Gasteiger partial charge in [-0.2, -0.15) is 0 Å². The Balaban J connectivity index is 1.74. The molecule has 1 saturated carbocycles. The van der Waals surface area contributed by atoms with Gasteiger partial charge in [-0.3, -0.25) is 9.69 Å². The quantitative estimate of drug-likeness (QED) is 0.797. The van der Waals surface area contributed by atoms with Crippen LogP contribution in [0.1, 0.15) is 58.3 Å². The van der Waals surface area contributed by atoms with Crippen LogP contribution in [0.5, 0.6) is 0 Å². The standard InChI is InChI=1S/C15H28N2O2/c1-12(18)10-14-8-5-9-17(14)11-15(19)16-13-6-3-2-4-7-13/h12-14,18H,2-11H2,1H3,(H,16,19). The largest absolute Gasteiger partial charge is 0.393 e. The summed E-state index contributed by atoms with van der Waals surface area (Å²) < 4.78 is 0. The first-order valence-electron chi connectivity index (χ1n) is 7.86. The van der Waals surface area contributed by atoms with Crippen LogP contribution < -0.4 is 5.32 Å². The zero-order valence-electron chi connectivity index (χ0n) is 12.1. The maximum atomic E-state index is 12.1. The van der Waals surface area contributed by atoms with Crippen LogP contribution in [0.4, 0.5) is 0 Å². The van der Waals surface area contributed by atoms with E-state index < -0.39 is 0 Å². The summed E-state index contributed by atoms with van der Waals surface area (Å²) in [6.45, 7) is 3.34.